The first-order chi connectivity index (χ1) is 8.92. The van der Waals surface area contributed by atoms with Crippen molar-refractivity contribution in [2.24, 2.45) is 0 Å². The summed E-state index contributed by atoms with van der Waals surface area (Å²) in [6, 6.07) is 1.39. The number of hydrogen-bond donors (Lipinski definition) is 3. The maximum absolute atomic E-state index is 14.1. The number of hydrogen-bond acceptors (Lipinski definition) is 4. The Kier molecular flexibility index (Phi) is 5.23. The number of benzene rings is 1. The third-order valence-electron chi connectivity index (χ3n) is 2.64. The largest absolute Gasteiger partial charge is 0.397 e. The number of nitrogens with two attached hydrogens (primary N) is 2. The highest BCUT2D eigenvalue weighted by atomic mass is 35.5. The normalized spacial score (nSPS) is 10.3. The predicted molar refractivity (Wildman–Crippen MR) is 76.8 cm³/mol. The van der Waals surface area contributed by atoms with Gasteiger partial charge in [-0.05, 0) is 19.9 Å². The molecule has 106 valence electrons. The fourth-order valence-electron chi connectivity index (χ4n) is 1.75. The van der Waals surface area contributed by atoms with E-state index in [2.05, 4.69) is 5.32 Å². The zero-order chi connectivity index (χ0) is 14.6. The maximum Gasteiger partial charge on any atom is 0.239 e. The van der Waals surface area contributed by atoms with Gasteiger partial charge in [0.15, 0.2) is 5.82 Å². The van der Waals surface area contributed by atoms with E-state index >= 15 is 0 Å². The fraction of sp³-hybridized carbons (Fsp3) is 0.417. The molecule has 7 heteroatoms. The lowest BCUT2D eigenvalue weighted by atomic mass is 10.2. The summed E-state index contributed by atoms with van der Waals surface area (Å²) >= 11 is 5.77. The van der Waals surface area contributed by atoms with Crippen LogP contribution in [-0.2, 0) is 4.79 Å². The molecule has 0 bridgehead atoms. The van der Waals surface area contributed by atoms with Crippen molar-refractivity contribution in [3.63, 3.8) is 0 Å². The minimum Gasteiger partial charge on any atom is -0.397 e. The molecule has 0 radical (unpaired) electrons. The number of carbonyl (C=O) groups is 1. The second kappa shape index (κ2) is 6.47. The second-order valence-electron chi connectivity index (χ2n) is 4.00. The summed E-state index contributed by atoms with van der Waals surface area (Å²) < 4.78 is 14.1. The van der Waals surface area contributed by atoms with Crippen LogP contribution in [0.5, 0.6) is 0 Å². The first kappa shape index (κ1) is 15.4. The summed E-state index contributed by atoms with van der Waals surface area (Å²) in [5, 5.41) is 2.46. The lowest BCUT2D eigenvalue weighted by Gasteiger charge is -2.25. The highest BCUT2D eigenvalue weighted by molar-refractivity contribution is 6.33. The molecule has 1 aromatic carbocycles. The Balaban J connectivity index is 3.12. The quantitative estimate of drug-likeness (QED) is 0.719. The number of anilines is 3. The molecule has 0 aliphatic heterocycles. The average molecular weight is 289 g/mol. The number of nitrogens with zero attached hydrogens (tertiary/aromatic N) is 1. The fourth-order valence-corrected chi connectivity index (χ4v) is 1.90. The molecule has 0 atom stereocenters. The number of rotatable bonds is 5. The van der Waals surface area contributed by atoms with Gasteiger partial charge in [-0.1, -0.05) is 11.6 Å². The van der Waals surface area contributed by atoms with E-state index in [1.807, 2.05) is 6.92 Å². The molecule has 0 aromatic heterocycles. The lowest BCUT2D eigenvalue weighted by molar-refractivity contribution is -0.119. The molecule has 19 heavy (non-hydrogen) atoms. The second-order valence-corrected chi connectivity index (χ2v) is 4.38. The summed E-state index contributed by atoms with van der Waals surface area (Å²) in [7, 11) is 0. The van der Waals surface area contributed by atoms with Crippen molar-refractivity contribution >= 4 is 34.6 Å². The average Bonchev–Trinajstić information content (AvgIpc) is 2.35. The van der Waals surface area contributed by atoms with Crippen LogP contribution in [0.1, 0.15) is 13.8 Å². The van der Waals surface area contributed by atoms with Gasteiger partial charge in [0.05, 0.1) is 23.6 Å². The monoisotopic (exact) mass is 288 g/mol. The van der Waals surface area contributed by atoms with Gasteiger partial charge < -0.3 is 21.7 Å². The molecule has 0 aliphatic rings. The summed E-state index contributed by atoms with van der Waals surface area (Å²) in [4.78, 5) is 13.1. The smallest absolute Gasteiger partial charge is 0.239 e. The zero-order valence-corrected chi connectivity index (χ0v) is 11.7. The van der Waals surface area contributed by atoms with E-state index in [0.29, 0.717) is 13.1 Å². The highest BCUT2D eigenvalue weighted by Gasteiger charge is 2.20. The van der Waals surface area contributed by atoms with Crippen molar-refractivity contribution in [1.29, 1.82) is 0 Å². The molecule has 0 saturated carbocycles. The van der Waals surface area contributed by atoms with Crippen LogP contribution in [0.3, 0.4) is 0 Å². The van der Waals surface area contributed by atoms with Gasteiger partial charge in [-0.3, -0.25) is 4.79 Å². The van der Waals surface area contributed by atoms with Crippen LogP contribution in [0, 0.1) is 5.82 Å². The Morgan fingerprint density at radius 2 is 2.05 bits per heavy atom. The van der Waals surface area contributed by atoms with Crippen molar-refractivity contribution in [2.45, 2.75) is 13.8 Å². The molecular formula is C12H18ClFN4O. The number of amides is 1. The Labute approximate surface area is 116 Å². The van der Waals surface area contributed by atoms with Crippen LogP contribution in [-0.4, -0.2) is 25.5 Å². The van der Waals surface area contributed by atoms with E-state index in [4.69, 9.17) is 23.1 Å². The van der Waals surface area contributed by atoms with E-state index in [-0.39, 0.29) is 34.5 Å². The van der Waals surface area contributed by atoms with Crippen LogP contribution in [0.25, 0.3) is 0 Å². The Morgan fingerprint density at radius 3 is 2.58 bits per heavy atom. The van der Waals surface area contributed by atoms with Gasteiger partial charge in [-0.2, -0.15) is 0 Å². The van der Waals surface area contributed by atoms with Gasteiger partial charge in [0, 0.05) is 13.1 Å². The van der Waals surface area contributed by atoms with Crippen LogP contribution in [0.4, 0.5) is 21.5 Å². The molecule has 0 fully saturated rings. The van der Waals surface area contributed by atoms with E-state index in [0.717, 1.165) is 0 Å². The van der Waals surface area contributed by atoms with Gasteiger partial charge in [-0.25, -0.2) is 4.39 Å². The van der Waals surface area contributed by atoms with Crippen LogP contribution in [0.2, 0.25) is 5.02 Å². The number of halogens is 2. The van der Waals surface area contributed by atoms with Gasteiger partial charge >= 0.3 is 0 Å². The van der Waals surface area contributed by atoms with Crippen LogP contribution < -0.4 is 21.7 Å². The molecule has 5 N–H and O–H groups in total. The number of likely N-dealkylation sites (N-methyl/N-ethyl adjacent to an activating group) is 2. The third kappa shape index (κ3) is 3.41. The number of nitrogens with one attached hydrogen (secondary N) is 1. The number of carbonyl (C=O) groups excluding carboxylic acids is 1. The third-order valence-corrected chi connectivity index (χ3v) is 3.03. The van der Waals surface area contributed by atoms with Gasteiger partial charge in [0.25, 0.3) is 0 Å². The van der Waals surface area contributed by atoms with E-state index < -0.39 is 5.82 Å². The van der Waals surface area contributed by atoms with E-state index in [1.54, 1.807) is 6.92 Å². The summed E-state index contributed by atoms with van der Waals surface area (Å²) in [5.41, 5.74) is 11.6. The van der Waals surface area contributed by atoms with Crippen molar-refractivity contribution < 1.29 is 9.18 Å². The van der Waals surface area contributed by atoms with E-state index in [1.165, 1.54) is 11.0 Å². The minimum atomic E-state index is -0.703. The summed E-state index contributed by atoms with van der Waals surface area (Å²) in [5.74, 6) is -0.915. The van der Waals surface area contributed by atoms with Crippen molar-refractivity contribution in [3.8, 4) is 0 Å². The van der Waals surface area contributed by atoms with Gasteiger partial charge in [-0.15, -0.1) is 0 Å². The molecule has 5 nitrogen and oxygen atoms in total. The van der Waals surface area contributed by atoms with Crippen LogP contribution in [0.15, 0.2) is 6.07 Å². The van der Waals surface area contributed by atoms with Gasteiger partial charge in [0.1, 0.15) is 5.02 Å². The zero-order valence-electron chi connectivity index (χ0n) is 11.0. The minimum absolute atomic E-state index is 0.00566. The van der Waals surface area contributed by atoms with Crippen molar-refractivity contribution in [1.82, 2.24) is 5.32 Å². The Bertz CT molecular complexity index is 481. The molecule has 1 rings (SSSR count). The molecule has 0 spiro atoms. The highest BCUT2D eigenvalue weighted by Crippen LogP contribution is 2.35. The Hall–Kier alpha value is -1.69. The molecular weight excluding hydrogens is 271 g/mol. The van der Waals surface area contributed by atoms with Gasteiger partial charge in [0.2, 0.25) is 5.91 Å². The number of nitrogen functional groups attached to an aromatic ring is 2. The van der Waals surface area contributed by atoms with Crippen molar-refractivity contribution in [2.75, 3.05) is 36.0 Å². The lowest BCUT2D eigenvalue weighted by Crippen LogP contribution is -2.38. The maximum atomic E-state index is 14.1. The first-order valence-electron chi connectivity index (χ1n) is 5.96. The SMILES string of the molecule is CCNC(=O)CN(CC)c1c(N)cc(N)c(Cl)c1F. The van der Waals surface area contributed by atoms with Crippen molar-refractivity contribution in [3.05, 3.63) is 16.9 Å². The molecule has 1 aromatic rings. The standard InChI is InChI=1S/C12H18ClFN4O/c1-3-17-9(19)6-18(4-2)12-8(16)5-7(15)10(13)11(12)14/h5H,3-4,6,15-16H2,1-2H3,(H,17,19). The molecule has 0 aliphatic carbocycles. The summed E-state index contributed by atoms with van der Waals surface area (Å²) in [6.45, 7) is 4.53. The Morgan fingerprint density at radius 1 is 1.42 bits per heavy atom. The summed E-state index contributed by atoms with van der Waals surface area (Å²) in [6.07, 6.45) is 0. The predicted octanol–water partition coefficient (Wildman–Crippen LogP) is 1.61. The topological polar surface area (TPSA) is 84.4 Å². The first-order valence-corrected chi connectivity index (χ1v) is 6.34. The molecule has 1 amide bonds. The molecule has 0 heterocycles. The molecule has 0 saturated heterocycles. The molecule has 0 unspecified atom stereocenters. The van der Waals surface area contributed by atoms with E-state index in [9.17, 15) is 9.18 Å². The van der Waals surface area contributed by atoms with Crippen LogP contribution >= 0.6 is 11.6 Å².